The van der Waals surface area contributed by atoms with Crippen molar-refractivity contribution in [1.29, 1.82) is 0 Å². The Bertz CT molecular complexity index is 404. The Balaban J connectivity index is 2.92. The van der Waals surface area contributed by atoms with Crippen LogP contribution in [0.15, 0.2) is 25.6 Å². The van der Waals surface area contributed by atoms with Crippen LogP contribution < -0.4 is 4.74 Å². The van der Waals surface area contributed by atoms with Crippen LogP contribution in [0.4, 0.5) is 4.79 Å². The van der Waals surface area contributed by atoms with Gasteiger partial charge < -0.3 is 4.74 Å². The van der Waals surface area contributed by atoms with Crippen molar-refractivity contribution in [2.24, 2.45) is 0 Å². The molecule has 0 fully saturated rings. The predicted octanol–water partition coefficient (Wildman–Crippen LogP) is 5.33. The minimum absolute atomic E-state index is 0.422. The summed E-state index contributed by atoms with van der Waals surface area (Å²) in [6.45, 7) is 0. The van der Waals surface area contributed by atoms with Gasteiger partial charge in [-0.3, -0.25) is 0 Å². The monoisotopic (exact) mass is 463 g/mol. The van der Waals surface area contributed by atoms with Crippen molar-refractivity contribution in [2.75, 3.05) is 12.5 Å². The summed E-state index contributed by atoms with van der Waals surface area (Å²) >= 11 is 12.6. The second kappa shape index (κ2) is 7.28. The Labute approximate surface area is 134 Å². The van der Waals surface area contributed by atoms with Crippen LogP contribution in [0.5, 0.6) is 5.75 Å². The Kier molecular flexibility index (Phi) is 6.71. The SMILES string of the molecule is CSN(SC)C(=O)Oc1c(Br)cc(Br)cc1Br. The molecule has 17 heavy (non-hydrogen) atoms. The molecule has 0 aliphatic heterocycles. The van der Waals surface area contributed by atoms with E-state index in [0.717, 1.165) is 4.47 Å². The average Bonchev–Trinajstić information content (AvgIpc) is 2.25. The van der Waals surface area contributed by atoms with Gasteiger partial charge in [0.2, 0.25) is 0 Å². The van der Waals surface area contributed by atoms with Gasteiger partial charge in [-0.25, -0.2) is 4.79 Å². The van der Waals surface area contributed by atoms with Crippen LogP contribution in [0.3, 0.4) is 0 Å². The number of amides is 1. The van der Waals surface area contributed by atoms with Gasteiger partial charge in [0.1, 0.15) is 0 Å². The van der Waals surface area contributed by atoms with Crippen molar-refractivity contribution in [3.05, 3.63) is 25.6 Å². The first kappa shape index (κ1) is 15.7. The molecule has 8 heteroatoms. The molecule has 0 spiro atoms. The summed E-state index contributed by atoms with van der Waals surface area (Å²) in [5.74, 6) is 0.464. The van der Waals surface area contributed by atoms with Crippen molar-refractivity contribution in [2.45, 2.75) is 0 Å². The lowest BCUT2D eigenvalue weighted by atomic mass is 10.3. The lowest BCUT2D eigenvalue weighted by molar-refractivity contribution is 0.196. The first-order valence-electron chi connectivity index (χ1n) is 4.24. The predicted molar refractivity (Wildman–Crippen MR) is 84.4 cm³/mol. The molecule has 3 nitrogen and oxygen atoms in total. The van der Waals surface area contributed by atoms with E-state index in [4.69, 9.17) is 4.74 Å². The lowest BCUT2D eigenvalue weighted by Gasteiger charge is -2.16. The minimum atomic E-state index is -0.422. The van der Waals surface area contributed by atoms with Gasteiger partial charge in [-0.1, -0.05) is 15.9 Å². The maximum atomic E-state index is 11.8. The smallest absolute Gasteiger partial charge is 0.407 e. The molecule has 0 aliphatic rings. The lowest BCUT2D eigenvalue weighted by Crippen LogP contribution is -2.21. The average molecular weight is 466 g/mol. The van der Waals surface area contributed by atoms with Crippen molar-refractivity contribution in [3.8, 4) is 5.75 Å². The largest absolute Gasteiger partial charge is 0.435 e. The van der Waals surface area contributed by atoms with E-state index in [1.165, 1.54) is 27.6 Å². The normalized spacial score (nSPS) is 10.2. The molecule has 1 aromatic carbocycles. The van der Waals surface area contributed by atoms with Gasteiger partial charge in [-0.15, -0.1) is 0 Å². The fourth-order valence-electron chi connectivity index (χ4n) is 0.975. The van der Waals surface area contributed by atoms with E-state index in [0.29, 0.717) is 14.7 Å². The van der Waals surface area contributed by atoms with E-state index in [1.54, 1.807) is 0 Å². The van der Waals surface area contributed by atoms with Gasteiger partial charge >= 0.3 is 6.09 Å². The maximum absolute atomic E-state index is 11.8. The van der Waals surface area contributed by atoms with Crippen LogP contribution in [0.2, 0.25) is 0 Å². The second-order valence-corrected chi connectivity index (χ2v) is 7.00. The van der Waals surface area contributed by atoms with Crippen molar-refractivity contribution >= 4 is 77.8 Å². The van der Waals surface area contributed by atoms with E-state index in [9.17, 15) is 4.79 Å². The topological polar surface area (TPSA) is 29.5 Å². The molecule has 0 radical (unpaired) electrons. The van der Waals surface area contributed by atoms with E-state index in [2.05, 4.69) is 47.8 Å². The number of hydrogen-bond acceptors (Lipinski definition) is 4. The zero-order valence-electron chi connectivity index (χ0n) is 8.87. The number of halogens is 3. The highest BCUT2D eigenvalue weighted by Crippen LogP contribution is 2.37. The summed E-state index contributed by atoms with van der Waals surface area (Å²) in [4.78, 5) is 11.8. The molecule has 0 saturated carbocycles. The molecule has 1 amide bonds. The molecular formula is C9H8Br3NO2S2. The van der Waals surface area contributed by atoms with E-state index in [1.807, 2.05) is 24.6 Å². The fourth-order valence-corrected chi connectivity index (χ4v) is 4.36. The third kappa shape index (κ3) is 4.34. The number of carbonyl (C=O) groups excluding carboxylic acids is 1. The minimum Gasteiger partial charge on any atom is -0.407 e. The summed E-state index contributed by atoms with van der Waals surface area (Å²) in [6, 6.07) is 3.63. The third-order valence-corrected chi connectivity index (χ3v) is 5.12. The van der Waals surface area contributed by atoms with Crippen molar-refractivity contribution in [3.63, 3.8) is 0 Å². The Morgan fingerprint density at radius 1 is 1.18 bits per heavy atom. The highest BCUT2D eigenvalue weighted by molar-refractivity contribution is 9.11. The molecular weight excluding hydrogens is 458 g/mol. The Morgan fingerprint density at radius 2 is 1.65 bits per heavy atom. The molecule has 1 aromatic rings. The van der Waals surface area contributed by atoms with E-state index < -0.39 is 6.09 Å². The quantitative estimate of drug-likeness (QED) is 0.564. The molecule has 0 heterocycles. The van der Waals surface area contributed by atoms with Gasteiger partial charge in [-0.05, 0) is 67.9 Å². The zero-order valence-corrected chi connectivity index (χ0v) is 15.3. The molecule has 0 aliphatic carbocycles. The van der Waals surface area contributed by atoms with Crippen LogP contribution in [0.25, 0.3) is 0 Å². The second-order valence-electron chi connectivity index (χ2n) is 2.69. The van der Waals surface area contributed by atoms with E-state index in [-0.39, 0.29) is 0 Å². The number of hydrogen-bond donors (Lipinski definition) is 0. The molecule has 1 rings (SSSR count). The number of benzene rings is 1. The summed E-state index contributed by atoms with van der Waals surface area (Å²) < 4.78 is 9.05. The summed E-state index contributed by atoms with van der Waals surface area (Å²) in [6.07, 6.45) is 3.20. The Hall–Kier alpha value is 0.630. The number of rotatable bonds is 3. The fraction of sp³-hybridized carbons (Fsp3) is 0.222. The number of ether oxygens (including phenoxy) is 1. The number of carbonyl (C=O) groups is 1. The Morgan fingerprint density at radius 3 is 2.06 bits per heavy atom. The maximum Gasteiger partial charge on any atom is 0.435 e. The van der Waals surface area contributed by atoms with Crippen LogP contribution in [0.1, 0.15) is 0 Å². The molecule has 0 N–H and O–H groups in total. The van der Waals surface area contributed by atoms with E-state index >= 15 is 0 Å². The van der Waals surface area contributed by atoms with Crippen molar-refractivity contribution in [1.82, 2.24) is 3.71 Å². The number of nitrogens with zero attached hydrogens (tertiary/aromatic N) is 1. The first-order valence-corrected chi connectivity index (χ1v) is 8.98. The zero-order chi connectivity index (χ0) is 13.0. The first-order chi connectivity index (χ1) is 7.99. The molecule has 0 aromatic heterocycles. The standard InChI is InChI=1S/C9H8Br3NO2S2/c1-16-13(17-2)9(14)15-8-6(11)3-5(10)4-7(8)12/h3-4H,1-2H3. The molecule has 94 valence electrons. The molecule has 0 unspecified atom stereocenters. The summed E-state index contributed by atoms with van der Waals surface area (Å²) in [5.41, 5.74) is 0. The van der Waals surface area contributed by atoms with Gasteiger partial charge in [0.25, 0.3) is 0 Å². The van der Waals surface area contributed by atoms with Gasteiger partial charge in [0.05, 0.1) is 8.95 Å². The van der Waals surface area contributed by atoms with Gasteiger partial charge in [0, 0.05) is 17.0 Å². The van der Waals surface area contributed by atoms with Crippen molar-refractivity contribution < 1.29 is 9.53 Å². The highest BCUT2D eigenvalue weighted by atomic mass is 79.9. The summed E-state index contributed by atoms with van der Waals surface area (Å²) in [5, 5.41) is 0. The molecule has 0 bridgehead atoms. The van der Waals surface area contributed by atoms with Gasteiger partial charge in [0.15, 0.2) is 5.75 Å². The molecule has 0 atom stereocenters. The van der Waals surface area contributed by atoms with Crippen LogP contribution in [-0.4, -0.2) is 22.3 Å². The summed E-state index contributed by atoms with van der Waals surface area (Å²) in [7, 11) is 0. The van der Waals surface area contributed by atoms with Crippen LogP contribution >= 0.6 is 71.7 Å². The third-order valence-electron chi connectivity index (χ3n) is 1.63. The van der Waals surface area contributed by atoms with Crippen LogP contribution in [-0.2, 0) is 0 Å². The van der Waals surface area contributed by atoms with Gasteiger partial charge in [-0.2, -0.15) is 3.71 Å². The molecule has 0 saturated heterocycles. The van der Waals surface area contributed by atoms with Crippen LogP contribution in [0, 0.1) is 0 Å². The highest BCUT2D eigenvalue weighted by Gasteiger charge is 2.18.